The highest BCUT2D eigenvalue weighted by atomic mass is 16.4. The molecule has 0 aliphatic heterocycles. The van der Waals surface area contributed by atoms with Crippen LogP contribution in [0.25, 0.3) is 0 Å². The van der Waals surface area contributed by atoms with Crippen LogP contribution < -0.4 is 5.32 Å². The molecule has 2 N–H and O–H groups in total. The van der Waals surface area contributed by atoms with Crippen LogP contribution in [0, 0.1) is 5.92 Å². The van der Waals surface area contributed by atoms with Gasteiger partial charge in [-0.2, -0.15) is 5.10 Å². The Labute approximate surface area is 107 Å². The van der Waals surface area contributed by atoms with E-state index in [9.17, 15) is 4.79 Å². The summed E-state index contributed by atoms with van der Waals surface area (Å²) < 4.78 is 0. The molecule has 1 aromatic rings. The number of nitrogens with zero attached hydrogens (tertiary/aromatic N) is 2. The Hall–Kier alpha value is -1.65. The molecule has 1 aliphatic rings. The van der Waals surface area contributed by atoms with Crippen molar-refractivity contribution in [1.82, 2.24) is 10.2 Å². The van der Waals surface area contributed by atoms with Crippen molar-refractivity contribution in [2.45, 2.75) is 45.1 Å². The number of anilines is 1. The number of aromatic nitrogens is 2. The van der Waals surface area contributed by atoms with Gasteiger partial charge in [-0.15, -0.1) is 5.10 Å². The normalized spacial score (nSPS) is 23.6. The second-order valence-electron chi connectivity index (χ2n) is 4.88. The molecular formula is C13H19N3O2. The Bertz CT molecular complexity index is 422. The van der Waals surface area contributed by atoms with E-state index < -0.39 is 5.97 Å². The molecule has 0 amide bonds. The third kappa shape index (κ3) is 2.97. The number of carbonyl (C=O) groups is 1. The molecule has 0 saturated heterocycles. The highest BCUT2D eigenvalue weighted by molar-refractivity contribution is 5.92. The summed E-state index contributed by atoms with van der Waals surface area (Å²) in [6.07, 6.45) is 7.23. The predicted octanol–water partition coefficient (Wildman–Crippen LogP) is 2.56. The molecule has 1 aromatic heterocycles. The molecule has 0 bridgehead atoms. The van der Waals surface area contributed by atoms with E-state index in [1.165, 1.54) is 31.5 Å². The van der Waals surface area contributed by atoms with Crippen molar-refractivity contribution >= 4 is 11.8 Å². The van der Waals surface area contributed by atoms with E-state index in [1.807, 2.05) is 0 Å². The maximum atomic E-state index is 11.1. The van der Waals surface area contributed by atoms with Gasteiger partial charge in [0.1, 0.15) is 5.56 Å². The number of rotatable bonds is 4. The van der Waals surface area contributed by atoms with E-state index >= 15 is 0 Å². The average molecular weight is 249 g/mol. The van der Waals surface area contributed by atoms with Gasteiger partial charge in [0.15, 0.2) is 5.82 Å². The summed E-state index contributed by atoms with van der Waals surface area (Å²) in [6.45, 7) is 2.21. The fourth-order valence-corrected chi connectivity index (χ4v) is 2.60. The zero-order valence-electron chi connectivity index (χ0n) is 10.6. The Morgan fingerprint density at radius 1 is 1.56 bits per heavy atom. The SMILES string of the molecule is CCC1CCCC(Nc2nnccc2C(=O)O)C1. The van der Waals surface area contributed by atoms with E-state index in [2.05, 4.69) is 22.4 Å². The number of nitrogens with one attached hydrogen (secondary N) is 1. The Balaban J connectivity index is 2.07. The lowest BCUT2D eigenvalue weighted by Crippen LogP contribution is -2.28. The second-order valence-corrected chi connectivity index (χ2v) is 4.88. The largest absolute Gasteiger partial charge is 0.478 e. The fourth-order valence-electron chi connectivity index (χ4n) is 2.60. The van der Waals surface area contributed by atoms with Gasteiger partial charge < -0.3 is 10.4 Å². The summed E-state index contributed by atoms with van der Waals surface area (Å²) in [5.41, 5.74) is 0.198. The van der Waals surface area contributed by atoms with Crippen molar-refractivity contribution in [1.29, 1.82) is 0 Å². The number of carboxylic acid groups (broad SMARTS) is 1. The first-order chi connectivity index (χ1) is 8.70. The van der Waals surface area contributed by atoms with E-state index in [0.29, 0.717) is 11.9 Å². The van der Waals surface area contributed by atoms with Crippen LogP contribution in [0.5, 0.6) is 0 Å². The summed E-state index contributed by atoms with van der Waals surface area (Å²) in [5, 5.41) is 20.0. The lowest BCUT2D eigenvalue weighted by Gasteiger charge is -2.29. The highest BCUT2D eigenvalue weighted by Crippen LogP contribution is 2.28. The van der Waals surface area contributed by atoms with Crippen LogP contribution in [0.4, 0.5) is 5.82 Å². The molecule has 98 valence electrons. The summed E-state index contributed by atoms with van der Waals surface area (Å²) in [4.78, 5) is 11.1. The molecule has 0 spiro atoms. The van der Waals surface area contributed by atoms with Crippen LogP contribution in [0.3, 0.4) is 0 Å². The van der Waals surface area contributed by atoms with Crippen LogP contribution in [-0.4, -0.2) is 27.3 Å². The second kappa shape index (κ2) is 5.80. The van der Waals surface area contributed by atoms with Crippen molar-refractivity contribution in [3.63, 3.8) is 0 Å². The van der Waals surface area contributed by atoms with Crippen molar-refractivity contribution in [3.05, 3.63) is 17.8 Å². The summed E-state index contributed by atoms with van der Waals surface area (Å²) >= 11 is 0. The predicted molar refractivity (Wildman–Crippen MR) is 68.7 cm³/mol. The smallest absolute Gasteiger partial charge is 0.339 e. The lowest BCUT2D eigenvalue weighted by molar-refractivity contribution is 0.0697. The molecular weight excluding hydrogens is 230 g/mol. The van der Waals surface area contributed by atoms with Gasteiger partial charge in [0.05, 0.1) is 6.20 Å². The van der Waals surface area contributed by atoms with Gasteiger partial charge in [-0.1, -0.05) is 26.2 Å². The Morgan fingerprint density at radius 3 is 3.11 bits per heavy atom. The van der Waals surface area contributed by atoms with E-state index in [4.69, 9.17) is 5.11 Å². The molecule has 18 heavy (non-hydrogen) atoms. The zero-order valence-corrected chi connectivity index (χ0v) is 10.6. The van der Waals surface area contributed by atoms with Crippen LogP contribution in [-0.2, 0) is 0 Å². The highest BCUT2D eigenvalue weighted by Gasteiger charge is 2.22. The number of aromatic carboxylic acids is 1. The number of hydrogen-bond donors (Lipinski definition) is 2. The molecule has 2 rings (SSSR count). The summed E-state index contributed by atoms with van der Waals surface area (Å²) in [5.74, 6) is 0.170. The van der Waals surface area contributed by atoms with Gasteiger partial charge >= 0.3 is 5.97 Å². The first-order valence-electron chi connectivity index (χ1n) is 6.52. The minimum absolute atomic E-state index is 0.198. The zero-order chi connectivity index (χ0) is 13.0. The standard InChI is InChI=1S/C13H19N3O2/c1-2-9-4-3-5-10(8-9)15-12-11(13(17)18)6-7-14-16-12/h6-7,9-10H,2-5,8H2,1H3,(H,15,16)(H,17,18). The summed E-state index contributed by atoms with van der Waals surface area (Å²) in [6, 6.07) is 1.80. The minimum atomic E-state index is -0.963. The van der Waals surface area contributed by atoms with Crippen molar-refractivity contribution < 1.29 is 9.90 Å². The van der Waals surface area contributed by atoms with Crippen molar-refractivity contribution in [2.75, 3.05) is 5.32 Å². The maximum Gasteiger partial charge on any atom is 0.339 e. The maximum absolute atomic E-state index is 11.1. The van der Waals surface area contributed by atoms with Crippen LogP contribution >= 0.6 is 0 Å². The van der Waals surface area contributed by atoms with Crippen molar-refractivity contribution in [2.24, 2.45) is 5.92 Å². The minimum Gasteiger partial charge on any atom is -0.478 e. The quantitative estimate of drug-likeness (QED) is 0.857. The van der Waals surface area contributed by atoms with Gasteiger partial charge in [0, 0.05) is 6.04 Å². The monoisotopic (exact) mass is 249 g/mol. The molecule has 1 saturated carbocycles. The van der Waals surface area contributed by atoms with E-state index in [-0.39, 0.29) is 5.56 Å². The Kier molecular flexibility index (Phi) is 4.12. The van der Waals surface area contributed by atoms with E-state index in [1.54, 1.807) is 0 Å². The number of hydrogen-bond acceptors (Lipinski definition) is 4. The Morgan fingerprint density at radius 2 is 2.39 bits per heavy atom. The van der Waals surface area contributed by atoms with Gasteiger partial charge in [-0.25, -0.2) is 4.79 Å². The molecule has 1 fully saturated rings. The molecule has 5 heteroatoms. The first-order valence-corrected chi connectivity index (χ1v) is 6.52. The molecule has 0 radical (unpaired) electrons. The summed E-state index contributed by atoms with van der Waals surface area (Å²) in [7, 11) is 0. The molecule has 5 nitrogen and oxygen atoms in total. The van der Waals surface area contributed by atoms with E-state index in [0.717, 1.165) is 18.8 Å². The fraction of sp³-hybridized carbons (Fsp3) is 0.615. The molecule has 2 unspecified atom stereocenters. The van der Waals surface area contributed by atoms with Gasteiger partial charge in [0.2, 0.25) is 0 Å². The van der Waals surface area contributed by atoms with Crippen LogP contribution in [0.2, 0.25) is 0 Å². The topological polar surface area (TPSA) is 75.1 Å². The molecule has 1 heterocycles. The van der Waals surface area contributed by atoms with Crippen LogP contribution in [0.15, 0.2) is 12.3 Å². The van der Waals surface area contributed by atoms with Gasteiger partial charge in [-0.3, -0.25) is 0 Å². The third-order valence-electron chi connectivity index (χ3n) is 3.65. The number of carboxylic acids is 1. The lowest BCUT2D eigenvalue weighted by atomic mass is 9.84. The van der Waals surface area contributed by atoms with Crippen molar-refractivity contribution in [3.8, 4) is 0 Å². The molecule has 1 aliphatic carbocycles. The van der Waals surface area contributed by atoms with Gasteiger partial charge in [0.25, 0.3) is 0 Å². The molecule has 2 atom stereocenters. The third-order valence-corrected chi connectivity index (χ3v) is 3.65. The average Bonchev–Trinajstić information content (AvgIpc) is 2.39. The molecule has 0 aromatic carbocycles. The van der Waals surface area contributed by atoms with Crippen LogP contribution in [0.1, 0.15) is 49.4 Å². The van der Waals surface area contributed by atoms with Gasteiger partial charge in [-0.05, 0) is 24.8 Å². The first kappa shape index (κ1) is 12.8.